The first kappa shape index (κ1) is 18.2. The van der Waals surface area contributed by atoms with Gasteiger partial charge in [0.1, 0.15) is 0 Å². The van der Waals surface area contributed by atoms with Crippen molar-refractivity contribution in [2.75, 3.05) is 42.8 Å². The van der Waals surface area contributed by atoms with Crippen LogP contribution in [0.25, 0.3) is 0 Å². The van der Waals surface area contributed by atoms with E-state index in [-0.39, 0.29) is 11.7 Å². The van der Waals surface area contributed by atoms with Crippen molar-refractivity contribution in [2.45, 2.75) is 26.2 Å². The van der Waals surface area contributed by atoms with Gasteiger partial charge >= 0.3 is 0 Å². The van der Waals surface area contributed by atoms with Gasteiger partial charge in [0, 0.05) is 31.7 Å². The van der Waals surface area contributed by atoms with E-state index in [0.29, 0.717) is 30.8 Å². The smallest absolute Gasteiger partial charge is 0.251 e. The van der Waals surface area contributed by atoms with Gasteiger partial charge in [-0.15, -0.1) is 0 Å². The van der Waals surface area contributed by atoms with Gasteiger partial charge in [-0.05, 0) is 56.0 Å². The van der Waals surface area contributed by atoms with Crippen molar-refractivity contribution in [3.05, 3.63) is 29.8 Å². The molecule has 1 aromatic rings. The van der Waals surface area contributed by atoms with Crippen molar-refractivity contribution in [1.29, 1.82) is 0 Å². The molecule has 25 heavy (non-hydrogen) atoms. The van der Waals surface area contributed by atoms with Crippen LogP contribution >= 0.6 is 0 Å². The first-order chi connectivity index (χ1) is 12.0. The monoisotopic (exact) mass is 365 g/mol. The first-order valence-electron chi connectivity index (χ1n) is 9.07. The topological polar surface area (TPSA) is 69.7 Å². The fourth-order valence-electron chi connectivity index (χ4n) is 3.63. The molecule has 7 heteroatoms. The molecule has 2 aliphatic rings. The van der Waals surface area contributed by atoms with Crippen LogP contribution in [0.2, 0.25) is 0 Å². The van der Waals surface area contributed by atoms with Gasteiger partial charge in [-0.25, -0.2) is 8.42 Å². The highest BCUT2D eigenvalue weighted by Gasteiger charge is 2.28. The second-order valence-corrected chi connectivity index (χ2v) is 9.11. The molecule has 0 aliphatic carbocycles. The highest BCUT2D eigenvalue weighted by Crippen LogP contribution is 2.24. The number of nitrogens with one attached hydrogen (secondary N) is 1. The van der Waals surface area contributed by atoms with Crippen LogP contribution in [0.5, 0.6) is 0 Å². The highest BCUT2D eigenvalue weighted by molar-refractivity contribution is 7.93. The summed E-state index contributed by atoms with van der Waals surface area (Å²) in [6.07, 6.45) is 3.18. The molecule has 1 atom stereocenters. The molecule has 1 unspecified atom stereocenters. The number of amides is 1. The third-order valence-corrected chi connectivity index (χ3v) is 6.84. The number of anilines is 1. The number of nitrogens with zero attached hydrogens (tertiary/aromatic N) is 2. The van der Waals surface area contributed by atoms with Gasteiger partial charge in [-0.3, -0.25) is 9.10 Å². The van der Waals surface area contributed by atoms with E-state index in [1.165, 1.54) is 17.1 Å². The summed E-state index contributed by atoms with van der Waals surface area (Å²) in [4.78, 5) is 14.6. The Morgan fingerprint density at radius 1 is 1.20 bits per heavy atom. The summed E-state index contributed by atoms with van der Waals surface area (Å²) < 4.78 is 25.3. The maximum atomic E-state index is 12.2. The van der Waals surface area contributed by atoms with E-state index in [1.807, 2.05) is 0 Å². The summed E-state index contributed by atoms with van der Waals surface area (Å²) in [6.45, 7) is 6.51. The molecule has 2 saturated heterocycles. The molecular weight excluding hydrogens is 338 g/mol. The van der Waals surface area contributed by atoms with E-state index in [1.54, 1.807) is 24.3 Å². The molecule has 2 aliphatic heterocycles. The second-order valence-electron chi connectivity index (χ2n) is 7.09. The number of carbonyl (C=O) groups excluding carboxylic acids is 1. The Labute approximate surface area is 150 Å². The summed E-state index contributed by atoms with van der Waals surface area (Å²) >= 11 is 0. The van der Waals surface area contributed by atoms with Gasteiger partial charge in [0.25, 0.3) is 5.91 Å². The van der Waals surface area contributed by atoms with Gasteiger partial charge in [-0.2, -0.15) is 0 Å². The maximum Gasteiger partial charge on any atom is 0.251 e. The molecule has 0 spiro atoms. The highest BCUT2D eigenvalue weighted by atomic mass is 32.2. The summed E-state index contributed by atoms with van der Waals surface area (Å²) in [7, 11) is -3.18. The molecule has 0 aromatic heterocycles. The normalized spacial score (nSPS) is 23.6. The van der Waals surface area contributed by atoms with Crippen LogP contribution in [0.3, 0.4) is 0 Å². The molecule has 0 bridgehead atoms. The van der Waals surface area contributed by atoms with E-state index < -0.39 is 10.0 Å². The lowest BCUT2D eigenvalue weighted by Crippen LogP contribution is -2.40. The molecular formula is C18H27N3O3S. The second kappa shape index (κ2) is 7.74. The van der Waals surface area contributed by atoms with Gasteiger partial charge in [0.15, 0.2) is 0 Å². The lowest BCUT2D eigenvalue weighted by molar-refractivity contribution is 0.0944. The third-order valence-electron chi connectivity index (χ3n) is 4.97. The fraction of sp³-hybridized carbons (Fsp3) is 0.611. The van der Waals surface area contributed by atoms with Gasteiger partial charge < -0.3 is 10.2 Å². The van der Waals surface area contributed by atoms with E-state index in [0.717, 1.165) is 25.6 Å². The first-order valence-corrected chi connectivity index (χ1v) is 10.7. The number of rotatable bonds is 5. The maximum absolute atomic E-state index is 12.2. The Hall–Kier alpha value is -1.60. The SMILES string of the molecule is CC1CCCN(CCNC(=O)c2ccc(N3CCCS3(=O)=O)cc2)C1. The van der Waals surface area contributed by atoms with Crippen LogP contribution in [0, 0.1) is 5.92 Å². The Kier molecular flexibility index (Phi) is 5.64. The Morgan fingerprint density at radius 3 is 2.60 bits per heavy atom. The minimum Gasteiger partial charge on any atom is -0.351 e. The average Bonchev–Trinajstić information content (AvgIpc) is 2.94. The molecule has 138 valence electrons. The number of hydrogen-bond donors (Lipinski definition) is 1. The molecule has 1 amide bonds. The zero-order chi connectivity index (χ0) is 17.9. The number of sulfonamides is 1. The number of likely N-dealkylation sites (tertiary alicyclic amines) is 1. The lowest BCUT2D eigenvalue weighted by atomic mass is 10.0. The van der Waals surface area contributed by atoms with Crippen molar-refractivity contribution in [3.63, 3.8) is 0 Å². The van der Waals surface area contributed by atoms with Crippen molar-refractivity contribution in [3.8, 4) is 0 Å². The molecule has 0 saturated carbocycles. The van der Waals surface area contributed by atoms with E-state index >= 15 is 0 Å². The standard InChI is InChI=1S/C18H27N3O3S/c1-15-4-2-10-20(14-15)12-9-19-18(22)16-5-7-17(8-6-16)21-11-3-13-25(21,23)24/h5-8,15H,2-4,9-14H2,1H3,(H,19,22). The average molecular weight is 365 g/mol. The minimum absolute atomic E-state index is 0.110. The molecule has 1 aromatic carbocycles. The van der Waals surface area contributed by atoms with Crippen LogP contribution in [0.4, 0.5) is 5.69 Å². The summed E-state index contributed by atoms with van der Waals surface area (Å²) in [6, 6.07) is 6.82. The molecule has 0 radical (unpaired) electrons. The number of hydrogen-bond acceptors (Lipinski definition) is 4. The van der Waals surface area contributed by atoms with Crippen LogP contribution in [0.1, 0.15) is 36.5 Å². The van der Waals surface area contributed by atoms with Crippen molar-refractivity contribution in [2.24, 2.45) is 5.92 Å². The predicted octanol–water partition coefficient (Wildman–Crippen LogP) is 1.69. The molecule has 3 rings (SSSR count). The van der Waals surface area contributed by atoms with Gasteiger partial charge in [0.2, 0.25) is 10.0 Å². The Morgan fingerprint density at radius 2 is 1.96 bits per heavy atom. The lowest BCUT2D eigenvalue weighted by Gasteiger charge is -2.30. The van der Waals surface area contributed by atoms with Gasteiger partial charge in [-0.1, -0.05) is 6.92 Å². The number of carbonyl (C=O) groups is 1. The van der Waals surface area contributed by atoms with Crippen molar-refractivity contribution < 1.29 is 13.2 Å². The number of piperidine rings is 1. The zero-order valence-electron chi connectivity index (χ0n) is 14.8. The molecule has 1 N–H and O–H groups in total. The summed E-state index contributed by atoms with van der Waals surface area (Å²) in [5.41, 5.74) is 1.20. The van der Waals surface area contributed by atoms with Crippen LogP contribution in [-0.2, 0) is 10.0 Å². The molecule has 2 fully saturated rings. The quantitative estimate of drug-likeness (QED) is 0.862. The summed E-state index contributed by atoms with van der Waals surface area (Å²) in [5, 5.41) is 2.95. The molecule has 2 heterocycles. The Bertz CT molecular complexity index is 703. The largest absolute Gasteiger partial charge is 0.351 e. The third kappa shape index (κ3) is 4.52. The number of benzene rings is 1. The van der Waals surface area contributed by atoms with E-state index in [2.05, 4.69) is 17.1 Å². The van der Waals surface area contributed by atoms with Crippen molar-refractivity contribution >= 4 is 21.6 Å². The predicted molar refractivity (Wildman–Crippen MR) is 99.4 cm³/mol. The molecule has 6 nitrogen and oxygen atoms in total. The van der Waals surface area contributed by atoms with E-state index in [4.69, 9.17) is 0 Å². The fourth-order valence-corrected chi connectivity index (χ4v) is 5.19. The van der Waals surface area contributed by atoms with Crippen LogP contribution in [-0.4, -0.2) is 57.7 Å². The van der Waals surface area contributed by atoms with Crippen LogP contribution < -0.4 is 9.62 Å². The van der Waals surface area contributed by atoms with Crippen LogP contribution in [0.15, 0.2) is 24.3 Å². The minimum atomic E-state index is -3.18. The van der Waals surface area contributed by atoms with Crippen molar-refractivity contribution in [1.82, 2.24) is 10.2 Å². The van der Waals surface area contributed by atoms with E-state index in [9.17, 15) is 13.2 Å². The van der Waals surface area contributed by atoms with Gasteiger partial charge in [0.05, 0.1) is 11.4 Å². The Balaban J connectivity index is 1.51. The summed E-state index contributed by atoms with van der Waals surface area (Å²) in [5.74, 6) is 0.824. The zero-order valence-corrected chi connectivity index (χ0v) is 15.6.